The summed E-state index contributed by atoms with van der Waals surface area (Å²) in [5.41, 5.74) is 0.427. The zero-order valence-corrected chi connectivity index (χ0v) is 15.8. The van der Waals surface area contributed by atoms with E-state index in [4.69, 9.17) is 0 Å². The van der Waals surface area contributed by atoms with E-state index in [9.17, 15) is 13.2 Å². The van der Waals surface area contributed by atoms with Crippen molar-refractivity contribution in [3.05, 3.63) is 30.1 Å². The molecule has 0 radical (unpaired) electrons. The van der Waals surface area contributed by atoms with Crippen LogP contribution < -0.4 is 0 Å². The van der Waals surface area contributed by atoms with Crippen LogP contribution >= 0.6 is 0 Å². The van der Waals surface area contributed by atoms with Gasteiger partial charge in [0.1, 0.15) is 5.69 Å². The van der Waals surface area contributed by atoms with Crippen molar-refractivity contribution < 1.29 is 13.2 Å². The van der Waals surface area contributed by atoms with Crippen LogP contribution in [0.3, 0.4) is 0 Å². The lowest BCUT2D eigenvalue weighted by Gasteiger charge is -2.22. The van der Waals surface area contributed by atoms with Gasteiger partial charge in [0.25, 0.3) is 5.91 Å². The summed E-state index contributed by atoms with van der Waals surface area (Å²) >= 11 is 0. The Morgan fingerprint density at radius 2 is 2.04 bits per heavy atom. The maximum absolute atomic E-state index is 12.8. The monoisotopic (exact) mass is 365 g/mol. The standard InChI is InChI=1S/C18H27N3O3S/c1-14(2)6-12-21-13-15-7-10-20(11-8-17(15)25(21,23)24)18(22)16-5-3-4-9-19-16/h3-5,9,14-15,17H,6-8,10-13H2,1-2H3/t15-,17-/m1/s1. The molecule has 2 fully saturated rings. The molecule has 0 bridgehead atoms. The first kappa shape index (κ1) is 18.3. The van der Waals surface area contributed by atoms with Gasteiger partial charge in [0.05, 0.1) is 5.25 Å². The van der Waals surface area contributed by atoms with Crippen LogP contribution in [-0.2, 0) is 10.0 Å². The van der Waals surface area contributed by atoms with Gasteiger partial charge in [-0.25, -0.2) is 12.7 Å². The second-order valence-corrected chi connectivity index (χ2v) is 9.62. The first-order valence-corrected chi connectivity index (χ1v) is 10.6. The number of sulfonamides is 1. The number of fused-ring (bicyclic) bond motifs is 1. The number of amides is 1. The molecular weight excluding hydrogens is 338 g/mol. The molecule has 1 aromatic heterocycles. The first-order chi connectivity index (χ1) is 11.9. The Bertz CT molecular complexity index is 706. The second kappa shape index (κ2) is 7.41. The fraction of sp³-hybridized carbons (Fsp3) is 0.667. The molecule has 2 aliphatic heterocycles. The minimum absolute atomic E-state index is 0.102. The number of aromatic nitrogens is 1. The molecule has 0 aromatic carbocycles. The van der Waals surface area contributed by atoms with E-state index in [0.29, 0.717) is 44.2 Å². The number of nitrogens with zero attached hydrogens (tertiary/aromatic N) is 3. The smallest absolute Gasteiger partial charge is 0.272 e. The highest BCUT2D eigenvalue weighted by Gasteiger charge is 2.46. The van der Waals surface area contributed by atoms with Gasteiger partial charge in [-0.1, -0.05) is 19.9 Å². The minimum atomic E-state index is -3.24. The molecule has 3 rings (SSSR count). The predicted molar refractivity (Wildman–Crippen MR) is 96.6 cm³/mol. The van der Waals surface area contributed by atoms with Crippen LogP contribution in [0.5, 0.6) is 0 Å². The van der Waals surface area contributed by atoms with Crippen LogP contribution in [-0.4, -0.2) is 59.9 Å². The van der Waals surface area contributed by atoms with Crippen molar-refractivity contribution in [2.45, 2.75) is 38.4 Å². The summed E-state index contributed by atoms with van der Waals surface area (Å²) in [4.78, 5) is 18.5. The number of rotatable bonds is 4. The molecule has 7 heteroatoms. The average Bonchev–Trinajstić information content (AvgIpc) is 2.74. The van der Waals surface area contributed by atoms with Crippen LogP contribution in [0.15, 0.2) is 24.4 Å². The molecule has 6 nitrogen and oxygen atoms in total. The summed E-state index contributed by atoms with van der Waals surface area (Å²) in [7, 11) is -3.24. The van der Waals surface area contributed by atoms with Crippen molar-refractivity contribution in [3.8, 4) is 0 Å². The molecule has 2 atom stereocenters. The largest absolute Gasteiger partial charge is 0.337 e. The fourth-order valence-corrected chi connectivity index (χ4v) is 6.03. The van der Waals surface area contributed by atoms with Gasteiger partial charge in [-0.05, 0) is 43.2 Å². The average molecular weight is 365 g/mol. The number of hydrogen-bond donors (Lipinski definition) is 0. The van der Waals surface area contributed by atoms with Crippen molar-refractivity contribution in [1.82, 2.24) is 14.2 Å². The Hall–Kier alpha value is -1.47. The minimum Gasteiger partial charge on any atom is -0.337 e. The lowest BCUT2D eigenvalue weighted by molar-refractivity contribution is 0.0753. The van der Waals surface area contributed by atoms with Gasteiger partial charge < -0.3 is 4.90 Å². The Morgan fingerprint density at radius 1 is 1.28 bits per heavy atom. The second-order valence-electron chi connectivity index (χ2n) is 7.47. The van der Waals surface area contributed by atoms with Gasteiger partial charge in [-0.3, -0.25) is 9.78 Å². The summed E-state index contributed by atoms with van der Waals surface area (Å²) in [5.74, 6) is 0.514. The summed E-state index contributed by atoms with van der Waals surface area (Å²) in [6, 6.07) is 5.28. The molecule has 2 aliphatic rings. The highest BCUT2D eigenvalue weighted by Crippen LogP contribution is 2.34. The Labute approximate surface area is 150 Å². The fourth-order valence-electron chi connectivity index (χ4n) is 3.77. The van der Waals surface area contributed by atoms with Crippen molar-refractivity contribution in [2.75, 3.05) is 26.2 Å². The highest BCUT2D eigenvalue weighted by molar-refractivity contribution is 7.90. The molecule has 3 heterocycles. The molecule has 0 N–H and O–H groups in total. The highest BCUT2D eigenvalue weighted by atomic mass is 32.2. The number of carbonyl (C=O) groups is 1. The molecule has 0 aliphatic carbocycles. The summed E-state index contributed by atoms with van der Waals surface area (Å²) in [6.07, 6.45) is 3.75. The molecule has 0 unspecified atom stereocenters. The molecule has 0 spiro atoms. The van der Waals surface area contributed by atoms with Crippen molar-refractivity contribution in [1.29, 1.82) is 0 Å². The van der Waals surface area contributed by atoms with Gasteiger partial charge in [0.2, 0.25) is 10.0 Å². The van der Waals surface area contributed by atoms with E-state index in [1.54, 1.807) is 33.6 Å². The third-order valence-corrected chi connectivity index (χ3v) is 7.72. The quantitative estimate of drug-likeness (QED) is 0.818. The van der Waals surface area contributed by atoms with E-state index in [-0.39, 0.29) is 17.1 Å². The Balaban J connectivity index is 1.67. The summed E-state index contributed by atoms with van der Waals surface area (Å²) in [5, 5.41) is -0.346. The Morgan fingerprint density at radius 3 is 2.72 bits per heavy atom. The van der Waals surface area contributed by atoms with Crippen LogP contribution in [0.4, 0.5) is 0 Å². The molecular formula is C18H27N3O3S. The molecule has 1 aromatic rings. The molecule has 138 valence electrons. The maximum Gasteiger partial charge on any atom is 0.272 e. The lowest BCUT2D eigenvalue weighted by Crippen LogP contribution is -2.35. The lowest BCUT2D eigenvalue weighted by atomic mass is 10.0. The topological polar surface area (TPSA) is 70.6 Å². The summed E-state index contributed by atoms with van der Waals surface area (Å²) < 4.78 is 27.4. The number of pyridine rings is 1. The van der Waals surface area contributed by atoms with Crippen molar-refractivity contribution in [2.24, 2.45) is 11.8 Å². The Kier molecular flexibility index (Phi) is 5.43. The molecule has 25 heavy (non-hydrogen) atoms. The third kappa shape index (κ3) is 3.87. The van der Waals surface area contributed by atoms with Crippen molar-refractivity contribution in [3.63, 3.8) is 0 Å². The van der Waals surface area contributed by atoms with Gasteiger partial charge in [0, 0.05) is 32.4 Å². The summed E-state index contributed by atoms with van der Waals surface area (Å²) in [6.45, 7) is 6.52. The molecule has 2 saturated heterocycles. The van der Waals surface area contributed by atoms with E-state index in [1.807, 2.05) is 0 Å². The van der Waals surface area contributed by atoms with Crippen LogP contribution in [0.1, 0.15) is 43.6 Å². The van der Waals surface area contributed by atoms with E-state index >= 15 is 0 Å². The zero-order chi connectivity index (χ0) is 18.0. The maximum atomic E-state index is 12.8. The van der Waals surface area contributed by atoms with Crippen LogP contribution in [0.25, 0.3) is 0 Å². The van der Waals surface area contributed by atoms with Gasteiger partial charge >= 0.3 is 0 Å². The van der Waals surface area contributed by atoms with Crippen molar-refractivity contribution >= 4 is 15.9 Å². The predicted octanol–water partition coefficient (Wildman–Crippen LogP) is 1.99. The van der Waals surface area contributed by atoms with E-state index in [2.05, 4.69) is 18.8 Å². The first-order valence-electron chi connectivity index (χ1n) is 9.09. The molecule has 1 amide bonds. The third-order valence-electron chi connectivity index (χ3n) is 5.29. The van der Waals surface area contributed by atoms with Gasteiger partial charge in [-0.15, -0.1) is 0 Å². The SMILES string of the molecule is CC(C)CCN1C[C@H]2CCN(C(=O)c3ccccn3)CC[C@H]2S1(=O)=O. The van der Waals surface area contributed by atoms with E-state index < -0.39 is 10.0 Å². The van der Waals surface area contributed by atoms with E-state index in [1.165, 1.54) is 0 Å². The molecule has 0 saturated carbocycles. The number of hydrogen-bond acceptors (Lipinski definition) is 4. The van der Waals surface area contributed by atoms with Crippen LogP contribution in [0, 0.1) is 11.8 Å². The van der Waals surface area contributed by atoms with E-state index in [0.717, 1.165) is 12.8 Å². The van der Waals surface area contributed by atoms with Crippen LogP contribution in [0.2, 0.25) is 0 Å². The number of likely N-dealkylation sites (tertiary alicyclic amines) is 1. The van der Waals surface area contributed by atoms with Gasteiger partial charge in [-0.2, -0.15) is 0 Å². The van der Waals surface area contributed by atoms with Gasteiger partial charge in [0.15, 0.2) is 0 Å². The normalized spacial score (nSPS) is 26.4. The number of carbonyl (C=O) groups excluding carboxylic acids is 1. The zero-order valence-electron chi connectivity index (χ0n) is 15.0.